The molecule has 0 aromatic heterocycles. The average Bonchev–Trinajstić information content (AvgIpc) is 3.28. The lowest BCUT2D eigenvalue weighted by Gasteiger charge is -2.24. The zero-order chi connectivity index (χ0) is 45.9. The van der Waals surface area contributed by atoms with Gasteiger partial charge in [-0.3, -0.25) is 9.59 Å². The van der Waals surface area contributed by atoms with E-state index in [2.05, 4.69) is 62.5 Å². The summed E-state index contributed by atoms with van der Waals surface area (Å²) in [6, 6.07) is -0.707. The second kappa shape index (κ2) is 51.1. The SMILES string of the molecule is CCCCC/C=C/C=C/CCCCCCCCC(=O)OC(CCCCC/C=C/CCCCCCCCC)CC(=O)NC(CO)C(O)CCCCCCCCCCCCCCCCC. The molecule has 0 aliphatic heterocycles. The van der Waals surface area contributed by atoms with Gasteiger partial charge in [0.15, 0.2) is 0 Å². The van der Waals surface area contributed by atoms with E-state index in [1.165, 1.54) is 173 Å². The molecule has 0 bridgehead atoms. The molecule has 3 N–H and O–H groups in total. The number of hydrogen-bond donors (Lipinski definition) is 3. The molecule has 3 atom stereocenters. The number of aliphatic hydroxyl groups excluding tert-OH is 2. The lowest BCUT2D eigenvalue weighted by atomic mass is 10.0. The van der Waals surface area contributed by atoms with Crippen molar-refractivity contribution in [3.05, 3.63) is 36.5 Å². The predicted octanol–water partition coefficient (Wildman–Crippen LogP) is 16.8. The number of unbranched alkanes of at least 4 members (excludes halogenated alkanes) is 33. The fourth-order valence-electron chi connectivity index (χ4n) is 8.48. The molecule has 6 heteroatoms. The van der Waals surface area contributed by atoms with Gasteiger partial charge in [-0.25, -0.2) is 0 Å². The molecule has 6 nitrogen and oxygen atoms in total. The van der Waals surface area contributed by atoms with Crippen LogP contribution in [0, 0.1) is 0 Å². The van der Waals surface area contributed by atoms with Gasteiger partial charge in [0.1, 0.15) is 6.10 Å². The summed E-state index contributed by atoms with van der Waals surface area (Å²) in [5.74, 6) is -0.491. The third-order valence-electron chi connectivity index (χ3n) is 12.7. The van der Waals surface area contributed by atoms with Gasteiger partial charge in [-0.15, -0.1) is 0 Å². The van der Waals surface area contributed by atoms with Crippen LogP contribution in [-0.2, 0) is 14.3 Å². The van der Waals surface area contributed by atoms with E-state index in [4.69, 9.17) is 4.74 Å². The number of hydrogen-bond acceptors (Lipinski definition) is 5. The molecule has 0 radical (unpaired) electrons. The first-order valence-corrected chi connectivity index (χ1v) is 27.7. The summed E-state index contributed by atoms with van der Waals surface area (Å²) in [5, 5.41) is 23.8. The van der Waals surface area contributed by atoms with E-state index >= 15 is 0 Å². The van der Waals surface area contributed by atoms with Crippen LogP contribution in [0.1, 0.15) is 290 Å². The molecule has 0 heterocycles. The van der Waals surface area contributed by atoms with Crippen molar-refractivity contribution in [2.45, 2.75) is 309 Å². The van der Waals surface area contributed by atoms with Gasteiger partial charge in [0.2, 0.25) is 5.91 Å². The van der Waals surface area contributed by atoms with Gasteiger partial charge >= 0.3 is 5.97 Å². The Bertz CT molecular complexity index is 1040. The number of allylic oxidation sites excluding steroid dienone is 6. The first kappa shape index (κ1) is 61.1. The summed E-state index contributed by atoms with van der Waals surface area (Å²) in [6.07, 6.45) is 60.6. The van der Waals surface area contributed by atoms with Crippen molar-refractivity contribution >= 4 is 11.9 Å². The molecule has 0 spiro atoms. The summed E-state index contributed by atoms with van der Waals surface area (Å²) in [7, 11) is 0. The Morgan fingerprint density at radius 3 is 1.27 bits per heavy atom. The Balaban J connectivity index is 4.57. The summed E-state index contributed by atoms with van der Waals surface area (Å²) in [6.45, 7) is 6.47. The maximum Gasteiger partial charge on any atom is 0.306 e. The van der Waals surface area contributed by atoms with E-state index < -0.39 is 18.2 Å². The van der Waals surface area contributed by atoms with Crippen molar-refractivity contribution in [3.63, 3.8) is 0 Å². The molecule has 0 rings (SSSR count). The van der Waals surface area contributed by atoms with Crippen molar-refractivity contribution < 1.29 is 24.5 Å². The van der Waals surface area contributed by atoms with Gasteiger partial charge in [-0.2, -0.15) is 0 Å². The highest BCUT2D eigenvalue weighted by molar-refractivity contribution is 5.77. The molecule has 0 aromatic carbocycles. The summed E-state index contributed by atoms with van der Waals surface area (Å²) < 4.78 is 5.94. The summed E-state index contributed by atoms with van der Waals surface area (Å²) in [4.78, 5) is 26.2. The molecule has 0 fully saturated rings. The fraction of sp³-hybridized carbons (Fsp3) is 0.860. The van der Waals surface area contributed by atoms with Crippen LogP contribution in [-0.4, -0.2) is 46.9 Å². The van der Waals surface area contributed by atoms with E-state index in [1.54, 1.807) is 0 Å². The lowest BCUT2D eigenvalue weighted by Crippen LogP contribution is -2.46. The zero-order valence-corrected chi connectivity index (χ0v) is 42.2. The number of ether oxygens (including phenoxy) is 1. The van der Waals surface area contributed by atoms with Crippen molar-refractivity contribution in [1.29, 1.82) is 0 Å². The van der Waals surface area contributed by atoms with Crippen molar-refractivity contribution in [1.82, 2.24) is 5.32 Å². The number of nitrogens with one attached hydrogen (secondary N) is 1. The number of amides is 1. The quantitative estimate of drug-likeness (QED) is 0.0245. The Labute approximate surface area is 392 Å². The predicted molar refractivity (Wildman–Crippen MR) is 273 cm³/mol. The second-order valence-corrected chi connectivity index (χ2v) is 19.0. The standard InChI is InChI=1S/C57H107NO5/c1-4-7-10-13-16-19-22-25-28-31-34-37-40-43-46-49-55(60)54(52-59)58-56(61)51-53(48-45-42-39-36-33-30-27-24-21-18-15-12-9-6-3)63-57(62)50-47-44-41-38-35-32-29-26-23-20-17-14-11-8-5-2/h17,20,23,26,30,33,53-55,59-60H,4-16,18-19,21-22,24-25,27-29,31-32,34-52H2,1-3H3,(H,58,61)/b20-17+,26-23+,33-30+. The molecule has 370 valence electrons. The highest BCUT2D eigenvalue weighted by Gasteiger charge is 2.24. The van der Waals surface area contributed by atoms with Crippen LogP contribution in [0.3, 0.4) is 0 Å². The van der Waals surface area contributed by atoms with Crippen LogP contribution >= 0.6 is 0 Å². The third-order valence-corrected chi connectivity index (χ3v) is 12.7. The molecule has 0 saturated carbocycles. The molecule has 0 aromatic rings. The van der Waals surface area contributed by atoms with E-state index in [-0.39, 0.29) is 24.9 Å². The first-order valence-electron chi connectivity index (χ1n) is 27.7. The van der Waals surface area contributed by atoms with Crippen molar-refractivity contribution in [2.24, 2.45) is 0 Å². The van der Waals surface area contributed by atoms with Gasteiger partial charge in [-0.05, 0) is 77.0 Å². The van der Waals surface area contributed by atoms with Crippen LogP contribution in [0.25, 0.3) is 0 Å². The monoisotopic (exact) mass is 886 g/mol. The molecule has 3 unspecified atom stereocenters. The maximum absolute atomic E-state index is 13.2. The minimum Gasteiger partial charge on any atom is -0.462 e. The molecule has 1 amide bonds. The molecule has 63 heavy (non-hydrogen) atoms. The van der Waals surface area contributed by atoms with Crippen LogP contribution in [0.4, 0.5) is 0 Å². The average molecular weight is 886 g/mol. The van der Waals surface area contributed by atoms with E-state index in [9.17, 15) is 19.8 Å². The molecule has 0 aliphatic carbocycles. The van der Waals surface area contributed by atoms with Crippen LogP contribution in [0.2, 0.25) is 0 Å². The lowest BCUT2D eigenvalue weighted by molar-refractivity contribution is -0.151. The smallest absolute Gasteiger partial charge is 0.306 e. The Morgan fingerprint density at radius 1 is 0.460 bits per heavy atom. The largest absolute Gasteiger partial charge is 0.462 e. The number of carbonyl (C=O) groups is 2. The number of esters is 1. The minimum atomic E-state index is -0.792. The molecule has 0 aliphatic rings. The number of aliphatic hydroxyl groups is 2. The van der Waals surface area contributed by atoms with Gasteiger partial charge in [0.25, 0.3) is 0 Å². The third kappa shape index (κ3) is 46.4. The van der Waals surface area contributed by atoms with E-state index in [0.717, 1.165) is 70.6 Å². The topological polar surface area (TPSA) is 95.9 Å². The molecule has 0 saturated heterocycles. The highest BCUT2D eigenvalue weighted by atomic mass is 16.5. The minimum absolute atomic E-state index is 0.0648. The number of carbonyl (C=O) groups excluding carboxylic acids is 2. The summed E-state index contributed by atoms with van der Waals surface area (Å²) >= 11 is 0. The Hall–Kier alpha value is -1.92. The van der Waals surface area contributed by atoms with E-state index in [0.29, 0.717) is 19.3 Å². The fourth-order valence-corrected chi connectivity index (χ4v) is 8.48. The van der Waals surface area contributed by atoms with Crippen molar-refractivity contribution in [2.75, 3.05) is 6.61 Å². The maximum atomic E-state index is 13.2. The number of rotatable bonds is 50. The van der Waals surface area contributed by atoms with Crippen LogP contribution < -0.4 is 5.32 Å². The van der Waals surface area contributed by atoms with Crippen LogP contribution in [0.5, 0.6) is 0 Å². The van der Waals surface area contributed by atoms with Crippen LogP contribution in [0.15, 0.2) is 36.5 Å². The first-order chi connectivity index (χ1) is 31.0. The van der Waals surface area contributed by atoms with Gasteiger partial charge < -0.3 is 20.3 Å². The Morgan fingerprint density at radius 2 is 0.810 bits per heavy atom. The van der Waals surface area contributed by atoms with Crippen molar-refractivity contribution in [3.8, 4) is 0 Å². The summed E-state index contributed by atoms with van der Waals surface area (Å²) in [5.41, 5.74) is 0. The van der Waals surface area contributed by atoms with E-state index in [1.807, 2.05) is 0 Å². The normalized spacial score (nSPS) is 13.4. The Kier molecular flexibility index (Phi) is 49.5. The molecular formula is C57H107NO5. The van der Waals surface area contributed by atoms with Gasteiger partial charge in [0.05, 0.1) is 25.2 Å². The zero-order valence-electron chi connectivity index (χ0n) is 42.2. The highest BCUT2D eigenvalue weighted by Crippen LogP contribution is 2.18. The molecular weight excluding hydrogens is 779 g/mol. The van der Waals surface area contributed by atoms with Gasteiger partial charge in [-0.1, -0.05) is 237 Å². The second-order valence-electron chi connectivity index (χ2n) is 19.0. The van der Waals surface area contributed by atoms with Gasteiger partial charge in [0, 0.05) is 6.42 Å².